The maximum Gasteiger partial charge on any atom is 0.225 e. The second kappa shape index (κ2) is 6.83. The van der Waals surface area contributed by atoms with Crippen molar-refractivity contribution in [3.63, 3.8) is 0 Å². The van der Waals surface area contributed by atoms with Crippen LogP contribution in [-0.4, -0.2) is 43.1 Å². The van der Waals surface area contributed by atoms with Crippen LogP contribution in [0.1, 0.15) is 19.8 Å². The standard InChI is InChI=1S/C17H22F2N2O2/c1-11(12-9-20-10-12)17(22)21-6-4-14(5-7-21)23-16-3-2-13(18)8-15(16)19/h2-3,8,11-12,14,20H,4-7,9-10H2,1H3. The van der Waals surface area contributed by atoms with Crippen molar-refractivity contribution in [1.82, 2.24) is 10.2 Å². The van der Waals surface area contributed by atoms with Gasteiger partial charge in [-0.3, -0.25) is 4.79 Å². The van der Waals surface area contributed by atoms with Gasteiger partial charge in [0.2, 0.25) is 5.91 Å². The summed E-state index contributed by atoms with van der Waals surface area (Å²) in [7, 11) is 0. The number of piperidine rings is 1. The largest absolute Gasteiger partial charge is 0.487 e. The second-order valence-corrected chi connectivity index (χ2v) is 6.42. The Morgan fingerprint density at radius 3 is 2.57 bits per heavy atom. The van der Waals surface area contributed by atoms with E-state index in [1.54, 1.807) is 0 Å². The molecule has 2 saturated heterocycles. The Bertz CT molecular complexity index is 570. The zero-order valence-electron chi connectivity index (χ0n) is 13.2. The molecule has 4 nitrogen and oxygen atoms in total. The maximum absolute atomic E-state index is 13.6. The van der Waals surface area contributed by atoms with Gasteiger partial charge in [-0.1, -0.05) is 6.92 Å². The average Bonchev–Trinajstić information content (AvgIpc) is 2.48. The molecule has 0 spiro atoms. The highest BCUT2D eigenvalue weighted by atomic mass is 19.1. The number of hydrogen-bond acceptors (Lipinski definition) is 3. The fourth-order valence-electron chi connectivity index (χ4n) is 3.10. The van der Waals surface area contributed by atoms with Gasteiger partial charge in [0.1, 0.15) is 11.9 Å². The van der Waals surface area contributed by atoms with E-state index in [1.165, 1.54) is 12.1 Å². The molecule has 0 aliphatic carbocycles. The van der Waals surface area contributed by atoms with E-state index in [9.17, 15) is 13.6 Å². The third-order valence-electron chi connectivity index (χ3n) is 4.85. The van der Waals surface area contributed by atoms with Gasteiger partial charge in [-0.05, 0) is 31.1 Å². The highest BCUT2D eigenvalue weighted by molar-refractivity contribution is 5.79. The molecular formula is C17H22F2N2O2. The van der Waals surface area contributed by atoms with E-state index in [4.69, 9.17) is 4.74 Å². The number of benzene rings is 1. The number of hydrogen-bond donors (Lipinski definition) is 1. The highest BCUT2D eigenvalue weighted by Gasteiger charge is 2.33. The van der Waals surface area contributed by atoms with Gasteiger partial charge in [0, 0.05) is 37.9 Å². The predicted octanol–water partition coefficient (Wildman–Crippen LogP) is 2.19. The molecule has 2 fully saturated rings. The van der Waals surface area contributed by atoms with Crippen LogP contribution >= 0.6 is 0 Å². The lowest BCUT2D eigenvalue weighted by Gasteiger charge is -2.38. The van der Waals surface area contributed by atoms with E-state index in [1.807, 2.05) is 11.8 Å². The van der Waals surface area contributed by atoms with E-state index < -0.39 is 11.6 Å². The number of rotatable bonds is 4. The maximum atomic E-state index is 13.6. The third kappa shape index (κ3) is 3.63. The number of likely N-dealkylation sites (tertiary alicyclic amines) is 1. The monoisotopic (exact) mass is 324 g/mol. The average molecular weight is 324 g/mol. The normalized spacial score (nSPS) is 20.9. The topological polar surface area (TPSA) is 41.6 Å². The zero-order chi connectivity index (χ0) is 16.4. The van der Waals surface area contributed by atoms with Crippen molar-refractivity contribution in [3.8, 4) is 5.75 Å². The Hall–Kier alpha value is -1.69. The van der Waals surface area contributed by atoms with Crippen LogP contribution in [0.3, 0.4) is 0 Å². The van der Waals surface area contributed by atoms with Gasteiger partial charge in [0.25, 0.3) is 0 Å². The van der Waals surface area contributed by atoms with Crippen LogP contribution in [-0.2, 0) is 4.79 Å². The second-order valence-electron chi connectivity index (χ2n) is 6.42. The lowest BCUT2D eigenvalue weighted by Crippen LogP contribution is -2.52. The summed E-state index contributed by atoms with van der Waals surface area (Å²) in [5.74, 6) is -0.551. The minimum Gasteiger partial charge on any atom is -0.487 e. The van der Waals surface area contributed by atoms with Crippen LogP contribution in [0.25, 0.3) is 0 Å². The molecule has 1 unspecified atom stereocenters. The zero-order valence-corrected chi connectivity index (χ0v) is 13.2. The number of nitrogens with one attached hydrogen (secondary N) is 1. The van der Waals surface area contributed by atoms with Gasteiger partial charge in [0.15, 0.2) is 11.6 Å². The quantitative estimate of drug-likeness (QED) is 0.923. The van der Waals surface area contributed by atoms with E-state index in [2.05, 4.69) is 5.32 Å². The highest BCUT2D eigenvalue weighted by Crippen LogP contribution is 2.25. The molecule has 3 rings (SSSR count). The summed E-state index contributed by atoms with van der Waals surface area (Å²) < 4.78 is 32.1. The van der Waals surface area contributed by atoms with Crippen molar-refractivity contribution < 1.29 is 18.3 Å². The first-order chi connectivity index (χ1) is 11.0. The van der Waals surface area contributed by atoms with Gasteiger partial charge in [-0.15, -0.1) is 0 Å². The summed E-state index contributed by atoms with van der Waals surface area (Å²) >= 11 is 0. The summed E-state index contributed by atoms with van der Waals surface area (Å²) in [6.45, 7) is 5.06. The molecule has 0 aromatic heterocycles. The molecule has 0 radical (unpaired) electrons. The van der Waals surface area contributed by atoms with E-state index in [0.29, 0.717) is 31.8 Å². The Labute approximate surface area is 134 Å². The van der Waals surface area contributed by atoms with Crippen molar-refractivity contribution in [2.45, 2.75) is 25.9 Å². The number of carbonyl (C=O) groups excluding carboxylic acids is 1. The fourth-order valence-corrected chi connectivity index (χ4v) is 3.10. The summed E-state index contributed by atoms with van der Waals surface area (Å²) in [5.41, 5.74) is 0. The molecule has 0 bridgehead atoms. The van der Waals surface area contributed by atoms with Gasteiger partial charge in [0.05, 0.1) is 0 Å². The molecule has 0 saturated carbocycles. The van der Waals surface area contributed by atoms with Gasteiger partial charge >= 0.3 is 0 Å². The lowest BCUT2D eigenvalue weighted by atomic mass is 9.87. The predicted molar refractivity (Wildman–Crippen MR) is 82.1 cm³/mol. The number of nitrogens with zero attached hydrogens (tertiary/aromatic N) is 1. The number of halogens is 2. The number of ether oxygens (including phenoxy) is 1. The molecule has 2 aliphatic heterocycles. The molecule has 1 N–H and O–H groups in total. The summed E-state index contributed by atoms with van der Waals surface area (Å²) in [5, 5.41) is 3.19. The Balaban J connectivity index is 1.51. The fraction of sp³-hybridized carbons (Fsp3) is 0.588. The van der Waals surface area contributed by atoms with Crippen LogP contribution in [0.2, 0.25) is 0 Å². The smallest absolute Gasteiger partial charge is 0.225 e. The molecule has 2 aliphatic rings. The number of amides is 1. The molecule has 1 amide bonds. The number of carbonyl (C=O) groups is 1. The molecule has 1 aromatic carbocycles. The van der Waals surface area contributed by atoms with Gasteiger partial charge in [-0.25, -0.2) is 8.78 Å². The summed E-state index contributed by atoms with van der Waals surface area (Å²) in [4.78, 5) is 14.3. The summed E-state index contributed by atoms with van der Waals surface area (Å²) in [6, 6.07) is 3.32. The first-order valence-corrected chi connectivity index (χ1v) is 8.16. The molecule has 126 valence electrons. The van der Waals surface area contributed by atoms with Crippen LogP contribution in [0, 0.1) is 23.5 Å². The van der Waals surface area contributed by atoms with E-state index >= 15 is 0 Å². The lowest BCUT2D eigenvalue weighted by molar-refractivity contribution is -0.139. The van der Waals surface area contributed by atoms with E-state index in [0.717, 1.165) is 19.2 Å². The molecular weight excluding hydrogens is 302 g/mol. The summed E-state index contributed by atoms with van der Waals surface area (Å²) in [6.07, 6.45) is 1.19. The van der Waals surface area contributed by atoms with Gasteiger partial charge < -0.3 is 15.0 Å². The van der Waals surface area contributed by atoms with Crippen LogP contribution in [0.4, 0.5) is 8.78 Å². The van der Waals surface area contributed by atoms with Crippen molar-refractivity contribution in [1.29, 1.82) is 0 Å². The van der Waals surface area contributed by atoms with Crippen molar-refractivity contribution in [2.75, 3.05) is 26.2 Å². The molecule has 1 atom stereocenters. The van der Waals surface area contributed by atoms with Crippen LogP contribution in [0.5, 0.6) is 5.75 Å². The van der Waals surface area contributed by atoms with Crippen molar-refractivity contribution in [2.24, 2.45) is 11.8 Å². The Morgan fingerprint density at radius 2 is 2.00 bits per heavy atom. The minimum absolute atomic E-state index is 0.0447. The van der Waals surface area contributed by atoms with Crippen LogP contribution < -0.4 is 10.1 Å². The third-order valence-corrected chi connectivity index (χ3v) is 4.85. The molecule has 2 heterocycles. The van der Waals surface area contributed by atoms with Crippen molar-refractivity contribution >= 4 is 5.91 Å². The first-order valence-electron chi connectivity index (χ1n) is 8.16. The van der Waals surface area contributed by atoms with E-state index in [-0.39, 0.29) is 23.7 Å². The minimum atomic E-state index is -0.686. The van der Waals surface area contributed by atoms with Gasteiger partial charge in [-0.2, -0.15) is 0 Å². The molecule has 6 heteroatoms. The SMILES string of the molecule is CC(C(=O)N1CCC(Oc2ccc(F)cc2F)CC1)C1CNC1. The van der Waals surface area contributed by atoms with Crippen LogP contribution in [0.15, 0.2) is 18.2 Å². The molecule has 1 aromatic rings. The van der Waals surface area contributed by atoms with Crippen molar-refractivity contribution in [3.05, 3.63) is 29.8 Å². The Morgan fingerprint density at radius 1 is 1.30 bits per heavy atom. The first kappa shape index (κ1) is 16.2. The Kier molecular flexibility index (Phi) is 4.80. The molecule has 23 heavy (non-hydrogen) atoms.